The van der Waals surface area contributed by atoms with Gasteiger partial charge < -0.3 is 14.2 Å². The molecule has 3 rings (SSSR count). The van der Waals surface area contributed by atoms with Crippen molar-refractivity contribution in [3.05, 3.63) is 69.7 Å². The van der Waals surface area contributed by atoms with E-state index in [-0.39, 0.29) is 11.1 Å². The summed E-state index contributed by atoms with van der Waals surface area (Å²) in [5.41, 5.74) is 0.0571. The molecule has 0 bridgehead atoms. The van der Waals surface area contributed by atoms with Gasteiger partial charge in [-0.15, -0.1) is 0 Å². The topological polar surface area (TPSA) is 78.9 Å². The lowest BCUT2D eigenvalue weighted by Gasteiger charge is -2.20. The molecule has 1 heterocycles. The highest BCUT2D eigenvalue weighted by molar-refractivity contribution is 6.31. The fourth-order valence-corrected chi connectivity index (χ4v) is 2.75. The summed E-state index contributed by atoms with van der Waals surface area (Å²) in [5, 5.41) is 0.721. The van der Waals surface area contributed by atoms with E-state index in [2.05, 4.69) is 4.74 Å². The lowest BCUT2D eigenvalue weighted by atomic mass is 10.1. The first-order chi connectivity index (χ1) is 13.7. The third kappa shape index (κ3) is 4.65. The van der Waals surface area contributed by atoms with Gasteiger partial charge in [0, 0.05) is 10.0 Å². The highest BCUT2D eigenvalue weighted by Gasteiger charge is 2.63. The minimum Gasteiger partial charge on any atom is -0.458 e. The molecule has 0 aliphatic carbocycles. The molecule has 152 valence electrons. The average molecular weight is 445 g/mol. The zero-order valence-electron chi connectivity index (χ0n) is 14.4. The number of rotatable bonds is 5. The van der Waals surface area contributed by atoms with Crippen molar-refractivity contribution in [2.75, 3.05) is 6.61 Å². The van der Waals surface area contributed by atoms with E-state index in [4.69, 9.17) is 32.7 Å². The first kappa shape index (κ1) is 21.0. The molecule has 0 unspecified atom stereocenters. The Hall–Kier alpha value is -2.71. The largest absolute Gasteiger partial charge is 0.458 e. The molecule has 29 heavy (non-hydrogen) atoms. The molecule has 0 radical (unpaired) electrons. The molecule has 1 fully saturated rings. The van der Waals surface area contributed by atoms with Gasteiger partial charge >= 0.3 is 23.8 Å². The summed E-state index contributed by atoms with van der Waals surface area (Å²) in [4.78, 5) is 35.7. The van der Waals surface area contributed by atoms with Crippen LogP contribution >= 0.6 is 23.2 Å². The van der Waals surface area contributed by atoms with E-state index in [1.807, 2.05) is 0 Å². The Morgan fingerprint density at radius 2 is 1.41 bits per heavy atom. The summed E-state index contributed by atoms with van der Waals surface area (Å²) in [6, 6.07) is 10.9. The molecule has 1 aliphatic heterocycles. The van der Waals surface area contributed by atoms with E-state index in [0.29, 0.717) is 10.0 Å². The van der Waals surface area contributed by atoms with Crippen LogP contribution in [0.5, 0.6) is 0 Å². The van der Waals surface area contributed by atoms with Gasteiger partial charge in [0.25, 0.3) is 0 Å². The standard InChI is InChI=1S/C19H12Cl2F2O6/c20-12-5-1-10(2-6-12)16(24)27-9-14-15(19(22,23)18(26)28-14)29-17(25)11-3-7-13(21)8-4-11/h1-8,14-15H,9H2/t14-,15-/m1/s1. The van der Waals surface area contributed by atoms with Gasteiger partial charge in [0.05, 0.1) is 11.1 Å². The van der Waals surface area contributed by atoms with Crippen molar-refractivity contribution < 1.29 is 37.4 Å². The van der Waals surface area contributed by atoms with E-state index >= 15 is 0 Å². The Labute approximate surface area is 173 Å². The fraction of sp³-hybridized carbons (Fsp3) is 0.211. The monoisotopic (exact) mass is 444 g/mol. The summed E-state index contributed by atoms with van der Waals surface area (Å²) >= 11 is 11.4. The molecule has 0 N–H and O–H groups in total. The van der Waals surface area contributed by atoms with Crippen LogP contribution in [0.15, 0.2) is 48.5 Å². The number of carbonyl (C=O) groups excluding carboxylic acids is 3. The van der Waals surface area contributed by atoms with Crippen LogP contribution in [0.3, 0.4) is 0 Å². The van der Waals surface area contributed by atoms with Crippen LogP contribution in [0.25, 0.3) is 0 Å². The smallest absolute Gasteiger partial charge is 0.382 e. The summed E-state index contributed by atoms with van der Waals surface area (Å²) in [5.74, 6) is -7.94. The van der Waals surface area contributed by atoms with Gasteiger partial charge in [0.2, 0.25) is 6.10 Å². The fourth-order valence-electron chi connectivity index (χ4n) is 2.50. The number of ether oxygens (including phenoxy) is 3. The Bertz CT molecular complexity index is 931. The molecule has 2 aromatic rings. The maximum Gasteiger partial charge on any atom is 0.382 e. The predicted octanol–water partition coefficient (Wildman–Crippen LogP) is 3.94. The van der Waals surface area contributed by atoms with Crippen molar-refractivity contribution in [2.24, 2.45) is 0 Å². The van der Waals surface area contributed by atoms with E-state index in [9.17, 15) is 23.2 Å². The molecule has 0 amide bonds. The summed E-state index contributed by atoms with van der Waals surface area (Å²) in [7, 11) is 0. The third-order valence-electron chi connectivity index (χ3n) is 4.00. The van der Waals surface area contributed by atoms with Crippen molar-refractivity contribution in [3.63, 3.8) is 0 Å². The van der Waals surface area contributed by atoms with Crippen molar-refractivity contribution >= 4 is 41.1 Å². The minimum absolute atomic E-state index is 0.0542. The lowest BCUT2D eigenvalue weighted by Crippen LogP contribution is -2.43. The molecule has 1 saturated heterocycles. The van der Waals surface area contributed by atoms with Crippen LogP contribution in [-0.2, 0) is 19.0 Å². The molecule has 6 nitrogen and oxygen atoms in total. The van der Waals surface area contributed by atoms with Gasteiger partial charge in [0.15, 0.2) is 6.10 Å². The number of cyclic esters (lactones) is 1. The average Bonchev–Trinajstić information content (AvgIpc) is 2.90. The van der Waals surface area contributed by atoms with Gasteiger partial charge in [0.1, 0.15) is 6.61 Å². The summed E-state index contributed by atoms with van der Waals surface area (Å²) < 4.78 is 42.6. The van der Waals surface area contributed by atoms with E-state index in [1.54, 1.807) is 0 Å². The number of halogens is 4. The quantitative estimate of drug-likeness (QED) is 0.513. The Morgan fingerprint density at radius 1 is 0.931 bits per heavy atom. The highest BCUT2D eigenvalue weighted by Crippen LogP contribution is 2.35. The molecule has 0 aromatic heterocycles. The maximum absolute atomic E-state index is 14.2. The van der Waals surface area contributed by atoms with Gasteiger partial charge in [-0.3, -0.25) is 0 Å². The number of esters is 3. The van der Waals surface area contributed by atoms with E-state index in [1.165, 1.54) is 48.5 Å². The molecule has 0 spiro atoms. The summed E-state index contributed by atoms with van der Waals surface area (Å²) in [6.45, 7) is -0.735. The van der Waals surface area contributed by atoms with Crippen molar-refractivity contribution in [3.8, 4) is 0 Å². The second-order valence-electron chi connectivity index (χ2n) is 6.00. The van der Waals surface area contributed by atoms with Crippen LogP contribution in [0.4, 0.5) is 8.78 Å². The van der Waals surface area contributed by atoms with Crippen LogP contribution in [0.2, 0.25) is 10.0 Å². The molecule has 1 aliphatic rings. The first-order valence-electron chi connectivity index (χ1n) is 8.16. The third-order valence-corrected chi connectivity index (χ3v) is 4.50. The molecular weight excluding hydrogens is 433 g/mol. The van der Waals surface area contributed by atoms with Crippen LogP contribution < -0.4 is 0 Å². The van der Waals surface area contributed by atoms with Gasteiger partial charge in [-0.05, 0) is 48.5 Å². The zero-order chi connectivity index (χ0) is 21.2. The normalized spacial score (nSPS) is 20.1. The van der Waals surface area contributed by atoms with Crippen LogP contribution in [0.1, 0.15) is 20.7 Å². The van der Waals surface area contributed by atoms with Gasteiger partial charge in [-0.2, -0.15) is 8.78 Å². The maximum atomic E-state index is 14.2. The number of carbonyl (C=O) groups is 3. The minimum atomic E-state index is -4.10. The lowest BCUT2D eigenvalue weighted by molar-refractivity contribution is -0.163. The van der Waals surface area contributed by atoms with Gasteiger partial charge in [-0.1, -0.05) is 23.2 Å². The van der Waals surface area contributed by atoms with Crippen molar-refractivity contribution in [1.82, 2.24) is 0 Å². The first-order valence-corrected chi connectivity index (χ1v) is 8.92. The van der Waals surface area contributed by atoms with E-state index in [0.717, 1.165) is 0 Å². The molecule has 2 atom stereocenters. The van der Waals surface area contributed by atoms with E-state index < -0.39 is 42.6 Å². The highest BCUT2D eigenvalue weighted by atomic mass is 35.5. The van der Waals surface area contributed by atoms with Crippen LogP contribution in [0, 0.1) is 0 Å². The Morgan fingerprint density at radius 3 is 1.93 bits per heavy atom. The number of alkyl halides is 2. The molecule has 0 saturated carbocycles. The van der Waals surface area contributed by atoms with Gasteiger partial charge in [-0.25, -0.2) is 14.4 Å². The van der Waals surface area contributed by atoms with Crippen LogP contribution in [-0.4, -0.2) is 42.6 Å². The second-order valence-corrected chi connectivity index (χ2v) is 6.88. The Balaban J connectivity index is 1.70. The zero-order valence-corrected chi connectivity index (χ0v) is 16.0. The van der Waals surface area contributed by atoms with Crippen molar-refractivity contribution in [2.45, 2.75) is 18.1 Å². The summed E-state index contributed by atoms with van der Waals surface area (Å²) in [6.07, 6.45) is -3.94. The SMILES string of the molecule is O=C(OC[C@H]1OC(=O)C(F)(F)[C@@H]1OC(=O)c1ccc(Cl)cc1)c1ccc(Cl)cc1. The predicted molar refractivity (Wildman–Crippen MR) is 97.2 cm³/mol. The number of hydrogen-bond acceptors (Lipinski definition) is 6. The van der Waals surface area contributed by atoms with Crippen molar-refractivity contribution in [1.29, 1.82) is 0 Å². The number of hydrogen-bond donors (Lipinski definition) is 0. The second kappa shape index (κ2) is 8.34. The molecule has 2 aromatic carbocycles. The number of benzene rings is 2. The molecule has 10 heteroatoms. The molecular formula is C19H12Cl2F2O6. The Kier molecular flexibility index (Phi) is 6.04.